The van der Waals surface area contributed by atoms with Crippen LogP contribution in [0.3, 0.4) is 0 Å². The Bertz CT molecular complexity index is 3410. The van der Waals surface area contributed by atoms with Crippen LogP contribution in [0.5, 0.6) is 0 Å². The third kappa shape index (κ3) is 4.98. The van der Waals surface area contributed by atoms with E-state index in [-0.39, 0.29) is 10.8 Å². The van der Waals surface area contributed by atoms with Crippen molar-refractivity contribution in [3.63, 3.8) is 0 Å². The zero-order chi connectivity index (χ0) is 40.3. The largest absolute Gasteiger partial charge is 0.0622 e. The summed E-state index contributed by atoms with van der Waals surface area (Å²) in [7, 11) is 0. The molecular formula is C60H44. The van der Waals surface area contributed by atoms with Crippen molar-refractivity contribution in [1.29, 1.82) is 0 Å². The van der Waals surface area contributed by atoms with Gasteiger partial charge in [-0.3, -0.25) is 0 Å². The molecule has 12 rings (SSSR count). The van der Waals surface area contributed by atoms with E-state index >= 15 is 0 Å². The molecule has 2 aliphatic rings. The van der Waals surface area contributed by atoms with Crippen molar-refractivity contribution >= 4 is 32.3 Å². The van der Waals surface area contributed by atoms with Gasteiger partial charge in [0.2, 0.25) is 0 Å². The Hall–Kier alpha value is -7.02. The Labute approximate surface area is 352 Å². The minimum Gasteiger partial charge on any atom is -0.0622 e. The molecule has 0 unspecified atom stereocenters. The lowest BCUT2D eigenvalue weighted by Crippen LogP contribution is -2.15. The minimum absolute atomic E-state index is 0.0901. The van der Waals surface area contributed by atoms with Crippen LogP contribution < -0.4 is 0 Å². The van der Waals surface area contributed by atoms with Gasteiger partial charge in [0.05, 0.1) is 0 Å². The van der Waals surface area contributed by atoms with Gasteiger partial charge in [0.1, 0.15) is 0 Å². The first-order chi connectivity index (χ1) is 29.3. The van der Waals surface area contributed by atoms with Gasteiger partial charge in [0.15, 0.2) is 0 Å². The predicted molar refractivity (Wildman–Crippen MR) is 256 cm³/mol. The Morgan fingerprint density at radius 3 is 1.38 bits per heavy atom. The molecule has 0 bridgehead atoms. The summed E-state index contributed by atoms with van der Waals surface area (Å²) in [5, 5.41) is 7.68. The minimum atomic E-state index is -0.178. The molecule has 0 heteroatoms. The van der Waals surface area contributed by atoms with E-state index in [9.17, 15) is 0 Å². The molecule has 0 nitrogen and oxygen atoms in total. The maximum atomic E-state index is 2.51. The second-order valence-corrected chi connectivity index (χ2v) is 18.0. The quantitative estimate of drug-likeness (QED) is 0.157. The highest BCUT2D eigenvalue weighted by atomic mass is 14.4. The van der Waals surface area contributed by atoms with E-state index in [1.807, 2.05) is 0 Å². The molecule has 0 amide bonds. The van der Waals surface area contributed by atoms with Crippen LogP contribution in [0.4, 0.5) is 0 Å². The van der Waals surface area contributed by atoms with Crippen LogP contribution in [0.2, 0.25) is 0 Å². The maximum Gasteiger partial charge on any atom is 0.0159 e. The number of hydrogen-bond donors (Lipinski definition) is 0. The lowest BCUT2D eigenvalue weighted by molar-refractivity contribution is 0.660. The summed E-state index contributed by atoms with van der Waals surface area (Å²) >= 11 is 0. The van der Waals surface area contributed by atoms with Gasteiger partial charge in [-0.1, -0.05) is 198 Å². The summed E-state index contributed by atoms with van der Waals surface area (Å²) in [5.41, 5.74) is 20.8. The van der Waals surface area contributed by atoms with Crippen LogP contribution in [-0.4, -0.2) is 0 Å². The van der Waals surface area contributed by atoms with Gasteiger partial charge in [-0.25, -0.2) is 0 Å². The van der Waals surface area contributed by atoms with Crippen molar-refractivity contribution < 1.29 is 0 Å². The van der Waals surface area contributed by atoms with Gasteiger partial charge in [0, 0.05) is 10.8 Å². The fourth-order valence-corrected chi connectivity index (χ4v) is 11.0. The number of fused-ring (bicyclic) bond motifs is 9. The number of rotatable bonds is 4. The second-order valence-electron chi connectivity index (χ2n) is 18.0. The molecule has 0 saturated carbocycles. The first-order valence-electron chi connectivity index (χ1n) is 21.3. The highest BCUT2D eigenvalue weighted by molar-refractivity contribution is 6.22. The normalized spacial score (nSPS) is 14.3. The Balaban J connectivity index is 1.07. The molecule has 60 heavy (non-hydrogen) atoms. The van der Waals surface area contributed by atoms with Crippen LogP contribution in [0.15, 0.2) is 194 Å². The highest BCUT2D eigenvalue weighted by Crippen LogP contribution is 2.54. The van der Waals surface area contributed by atoms with Crippen molar-refractivity contribution in [1.82, 2.24) is 0 Å². The molecule has 0 N–H and O–H groups in total. The smallest absolute Gasteiger partial charge is 0.0159 e. The topological polar surface area (TPSA) is 0 Å². The van der Waals surface area contributed by atoms with Crippen LogP contribution in [0, 0.1) is 0 Å². The van der Waals surface area contributed by atoms with E-state index in [1.165, 1.54) is 121 Å². The fraction of sp³-hybridized carbons (Fsp3) is 0.100. The van der Waals surface area contributed by atoms with Crippen molar-refractivity contribution in [2.24, 2.45) is 0 Å². The zero-order valence-corrected chi connectivity index (χ0v) is 34.5. The highest BCUT2D eigenvalue weighted by Gasteiger charge is 2.37. The predicted octanol–water partition coefficient (Wildman–Crippen LogP) is 16.4. The van der Waals surface area contributed by atoms with Gasteiger partial charge in [-0.2, -0.15) is 0 Å². The van der Waals surface area contributed by atoms with E-state index in [0.29, 0.717) is 0 Å². The van der Waals surface area contributed by atoms with Crippen molar-refractivity contribution in [3.05, 3.63) is 216 Å². The molecule has 0 radical (unpaired) electrons. The third-order valence-electron chi connectivity index (χ3n) is 14.1. The van der Waals surface area contributed by atoms with Crippen LogP contribution in [0.25, 0.3) is 99.1 Å². The first-order valence-corrected chi connectivity index (χ1v) is 21.3. The standard InChI is InChI=1S/C60H44/c1-59(2)53-24-13-12-20-45(53)46-30-28-42(36-55(46)59)58-50-22-11-10-21-49(50)57(51-32-25-39(33-52(51)58)37-15-6-5-7-16-37)41-27-31-48-47-29-26-40(34-54(47)60(3,4)56(48)35-41)44-23-14-18-38-17-8-9-19-43(38)44/h5-36H,1-4H3. The maximum absolute atomic E-state index is 2.51. The SMILES string of the molecule is CC1(C)c2ccccc2-c2ccc(-c3c4ccccc4c(-c4ccc5c(c4)C(C)(C)c4cc(-c6cccc7ccccc67)ccc4-5)c4ccc(-c5ccccc5)cc34)cc21. The lowest BCUT2D eigenvalue weighted by Gasteiger charge is -2.24. The van der Waals surface area contributed by atoms with E-state index in [0.717, 1.165) is 0 Å². The number of benzene rings is 10. The molecule has 0 saturated heterocycles. The van der Waals surface area contributed by atoms with Gasteiger partial charge in [-0.05, 0) is 146 Å². The van der Waals surface area contributed by atoms with Gasteiger partial charge >= 0.3 is 0 Å². The summed E-state index contributed by atoms with van der Waals surface area (Å²) < 4.78 is 0. The Morgan fingerprint density at radius 2 is 0.700 bits per heavy atom. The van der Waals surface area contributed by atoms with E-state index in [1.54, 1.807) is 0 Å². The van der Waals surface area contributed by atoms with Gasteiger partial charge in [-0.15, -0.1) is 0 Å². The van der Waals surface area contributed by atoms with Gasteiger partial charge in [0.25, 0.3) is 0 Å². The third-order valence-corrected chi connectivity index (χ3v) is 14.1. The zero-order valence-electron chi connectivity index (χ0n) is 34.5. The van der Waals surface area contributed by atoms with Crippen LogP contribution >= 0.6 is 0 Å². The Morgan fingerprint density at radius 1 is 0.250 bits per heavy atom. The molecule has 0 aliphatic heterocycles. The molecule has 0 spiro atoms. The molecular weight excluding hydrogens is 721 g/mol. The average Bonchev–Trinajstić information content (AvgIpc) is 3.66. The van der Waals surface area contributed by atoms with Gasteiger partial charge < -0.3 is 0 Å². The molecule has 2 aliphatic carbocycles. The molecule has 10 aromatic carbocycles. The summed E-state index contributed by atoms with van der Waals surface area (Å²) in [6.45, 7) is 9.58. The monoisotopic (exact) mass is 764 g/mol. The lowest BCUT2D eigenvalue weighted by atomic mass is 9.79. The van der Waals surface area contributed by atoms with E-state index in [2.05, 4.69) is 222 Å². The van der Waals surface area contributed by atoms with Crippen molar-refractivity contribution in [2.45, 2.75) is 38.5 Å². The summed E-state index contributed by atoms with van der Waals surface area (Å²) in [6, 6.07) is 73.1. The average molecular weight is 765 g/mol. The van der Waals surface area contributed by atoms with E-state index < -0.39 is 0 Å². The molecule has 0 aromatic heterocycles. The van der Waals surface area contributed by atoms with Crippen molar-refractivity contribution in [2.75, 3.05) is 0 Å². The first kappa shape index (κ1) is 35.0. The molecule has 0 fully saturated rings. The summed E-state index contributed by atoms with van der Waals surface area (Å²) in [4.78, 5) is 0. The number of hydrogen-bond acceptors (Lipinski definition) is 0. The van der Waals surface area contributed by atoms with Crippen molar-refractivity contribution in [3.8, 4) is 66.8 Å². The van der Waals surface area contributed by atoms with E-state index in [4.69, 9.17) is 0 Å². The summed E-state index contributed by atoms with van der Waals surface area (Å²) in [5.74, 6) is 0. The summed E-state index contributed by atoms with van der Waals surface area (Å²) in [6.07, 6.45) is 0. The molecule has 0 heterocycles. The second kappa shape index (κ2) is 12.7. The molecule has 0 atom stereocenters. The molecule has 284 valence electrons. The van der Waals surface area contributed by atoms with Crippen LogP contribution in [-0.2, 0) is 10.8 Å². The molecule has 10 aromatic rings. The Kier molecular flexibility index (Phi) is 7.42. The van der Waals surface area contributed by atoms with Crippen LogP contribution in [0.1, 0.15) is 49.9 Å². The fourth-order valence-electron chi connectivity index (χ4n) is 11.0.